The van der Waals surface area contributed by atoms with Crippen LogP contribution in [0.1, 0.15) is 37.9 Å². The van der Waals surface area contributed by atoms with Gasteiger partial charge in [-0.1, -0.05) is 18.2 Å². The average molecular weight is 430 g/mol. The molecule has 2 aromatic rings. The second-order valence-corrected chi connectivity index (χ2v) is 9.00. The third kappa shape index (κ3) is 6.30. The molecule has 0 radical (unpaired) electrons. The minimum Gasteiger partial charge on any atom is -0.350 e. The normalized spacial score (nSPS) is 12.9. The summed E-state index contributed by atoms with van der Waals surface area (Å²) in [7, 11) is -0.243. The Morgan fingerprint density at radius 2 is 1.89 bits per heavy atom. The number of likely N-dealkylation sites (N-methyl/N-ethyl adjacent to an activating group) is 1. The van der Waals surface area contributed by atoms with Crippen molar-refractivity contribution in [3.05, 3.63) is 47.8 Å². The summed E-state index contributed by atoms with van der Waals surface area (Å²) in [6, 6.07) is 6.06. The number of aromatic nitrogens is 2. The van der Waals surface area contributed by atoms with Crippen molar-refractivity contribution in [2.75, 3.05) is 7.05 Å². The van der Waals surface area contributed by atoms with Crippen LogP contribution in [0.15, 0.2) is 41.6 Å². The maximum atomic E-state index is 12.7. The van der Waals surface area contributed by atoms with Gasteiger partial charge in [0.1, 0.15) is 6.04 Å². The third-order valence-electron chi connectivity index (χ3n) is 3.76. The Balaban J connectivity index is 0.00000392. The van der Waals surface area contributed by atoms with Crippen molar-refractivity contribution in [1.29, 1.82) is 0 Å². The number of benzene rings is 1. The SMILES string of the molecule is CNC(C(=O)NCc1ccccc1S(=O)(=O)NC(C)(C)C)c1cnn(C)c1.Cl. The molecule has 0 fully saturated rings. The maximum absolute atomic E-state index is 12.7. The molecule has 156 valence electrons. The van der Waals surface area contributed by atoms with Crippen LogP contribution in [-0.2, 0) is 28.4 Å². The molecule has 0 bridgehead atoms. The zero-order valence-electron chi connectivity index (χ0n) is 16.7. The Kier molecular flexibility index (Phi) is 8.18. The van der Waals surface area contributed by atoms with Crippen LogP contribution in [0, 0.1) is 0 Å². The lowest BCUT2D eigenvalue weighted by Crippen LogP contribution is -2.41. The van der Waals surface area contributed by atoms with E-state index < -0.39 is 21.6 Å². The van der Waals surface area contributed by atoms with Crippen LogP contribution in [0.2, 0.25) is 0 Å². The van der Waals surface area contributed by atoms with Crippen LogP contribution in [0.3, 0.4) is 0 Å². The molecule has 1 aromatic carbocycles. The van der Waals surface area contributed by atoms with Gasteiger partial charge < -0.3 is 10.6 Å². The predicted octanol–water partition coefficient (Wildman–Crippen LogP) is 1.50. The molecule has 0 aliphatic heterocycles. The van der Waals surface area contributed by atoms with Crippen molar-refractivity contribution in [3.8, 4) is 0 Å². The van der Waals surface area contributed by atoms with E-state index in [-0.39, 0.29) is 29.8 Å². The Morgan fingerprint density at radius 3 is 2.43 bits per heavy atom. The molecule has 1 unspecified atom stereocenters. The van der Waals surface area contributed by atoms with Crippen LogP contribution in [0.25, 0.3) is 0 Å². The highest BCUT2D eigenvalue weighted by Crippen LogP contribution is 2.18. The Morgan fingerprint density at radius 1 is 1.25 bits per heavy atom. The van der Waals surface area contributed by atoms with Gasteiger partial charge in [-0.05, 0) is 39.4 Å². The molecule has 0 spiro atoms. The van der Waals surface area contributed by atoms with Crippen molar-refractivity contribution in [1.82, 2.24) is 25.1 Å². The highest BCUT2D eigenvalue weighted by molar-refractivity contribution is 7.89. The predicted molar refractivity (Wildman–Crippen MR) is 111 cm³/mol. The van der Waals surface area contributed by atoms with Gasteiger partial charge in [0.2, 0.25) is 15.9 Å². The summed E-state index contributed by atoms with van der Waals surface area (Å²) in [4.78, 5) is 12.7. The number of nitrogens with one attached hydrogen (secondary N) is 3. The molecule has 0 aliphatic carbocycles. The number of carbonyl (C=O) groups excluding carboxylic acids is 1. The number of carbonyl (C=O) groups is 1. The lowest BCUT2D eigenvalue weighted by Gasteiger charge is -2.22. The van der Waals surface area contributed by atoms with E-state index in [9.17, 15) is 13.2 Å². The Bertz CT molecular complexity index is 906. The first-order valence-electron chi connectivity index (χ1n) is 8.59. The van der Waals surface area contributed by atoms with Gasteiger partial charge in [0.25, 0.3) is 0 Å². The molecule has 1 aromatic heterocycles. The Hall–Kier alpha value is -1.94. The summed E-state index contributed by atoms with van der Waals surface area (Å²) >= 11 is 0. The smallest absolute Gasteiger partial charge is 0.242 e. The van der Waals surface area contributed by atoms with Crippen molar-refractivity contribution < 1.29 is 13.2 Å². The van der Waals surface area contributed by atoms with Crippen molar-refractivity contribution >= 4 is 28.3 Å². The fourth-order valence-electron chi connectivity index (χ4n) is 2.69. The summed E-state index contributed by atoms with van der Waals surface area (Å²) in [5.41, 5.74) is 0.642. The maximum Gasteiger partial charge on any atom is 0.242 e. The van der Waals surface area contributed by atoms with Crippen molar-refractivity contribution in [2.24, 2.45) is 7.05 Å². The second-order valence-electron chi connectivity index (χ2n) is 7.35. The van der Waals surface area contributed by atoms with Crippen LogP contribution < -0.4 is 15.4 Å². The first kappa shape index (κ1) is 24.1. The zero-order chi connectivity index (χ0) is 20.2. The van der Waals surface area contributed by atoms with Crippen LogP contribution in [-0.4, -0.2) is 36.7 Å². The molecule has 28 heavy (non-hydrogen) atoms. The van der Waals surface area contributed by atoms with Gasteiger partial charge in [-0.3, -0.25) is 9.48 Å². The number of aryl methyl sites for hydroxylation is 1. The van der Waals surface area contributed by atoms with Gasteiger partial charge in [-0.25, -0.2) is 13.1 Å². The number of sulfonamides is 1. The van der Waals surface area contributed by atoms with Gasteiger partial charge in [-0.2, -0.15) is 5.10 Å². The van der Waals surface area contributed by atoms with E-state index in [1.165, 1.54) is 6.07 Å². The molecule has 0 saturated carbocycles. The van der Waals surface area contributed by atoms with Crippen molar-refractivity contribution in [2.45, 2.75) is 43.8 Å². The van der Waals surface area contributed by atoms with Gasteiger partial charge in [0, 0.05) is 30.9 Å². The molecule has 3 N–H and O–H groups in total. The number of hydrogen-bond acceptors (Lipinski definition) is 5. The van der Waals surface area contributed by atoms with E-state index in [2.05, 4.69) is 20.5 Å². The van der Waals surface area contributed by atoms with E-state index in [4.69, 9.17) is 0 Å². The monoisotopic (exact) mass is 429 g/mol. The van der Waals surface area contributed by atoms with E-state index in [0.717, 1.165) is 5.56 Å². The molecule has 0 saturated heterocycles. The number of rotatable bonds is 7. The zero-order valence-corrected chi connectivity index (χ0v) is 18.3. The first-order chi connectivity index (χ1) is 12.5. The lowest BCUT2D eigenvalue weighted by atomic mass is 10.1. The minimum atomic E-state index is -3.70. The largest absolute Gasteiger partial charge is 0.350 e. The summed E-state index contributed by atoms with van der Waals surface area (Å²) in [6.45, 7) is 5.43. The molecule has 2 rings (SSSR count). The summed E-state index contributed by atoms with van der Waals surface area (Å²) < 4.78 is 29.6. The van der Waals surface area contributed by atoms with Gasteiger partial charge >= 0.3 is 0 Å². The topological polar surface area (TPSA) is 105 Å². The summed E-state index contributed by atoms with van der Waals surface area (Å²) in [5.74, 6) is -0.263. The lowest BCUT2D eigenvalue weighted by molar-refractivity contribution is -0.123. The quantitative estimate of drug-likeness (QED) is 0.618. The van der Waals surface area contributed by atoms with Crippen LogP contribution >= 0.6 is 12.4 Å². The molecule has 1 atom stereocenters. The van der Waals surface area contributed by atoms with E-state index >= 15 is 0 Å². The fraction of sp³-hybridized carbons (Fsp3) is 0.444. The highest BCUT2D eigenvalue weighted by atomic mass is 35.5. The van der Waals surface area contributed by atoms with Crippen LogP contribution in [0.5, 0.6) is 0 Å². The molecular formula is C18H28ClN5O3S. The Labute approximate surface area is 172 Å². The molecule has 1 amide bonds. The first-order valence-corrected chi connectivity index (χ1v) is 10.1. The summed E-state index contributed by atoms with van der Waals surface area (Å²) in [5, 5.41) is 9.83. The second kappa shape index (κ2) is 9.51. The standard InChI is InChI=1S/C18H27N5O3S.ClH/c1-18(2,3)22-27(25,26)15-9-7-6-8-13(15)10-20-17(24)16(19-4)14-11-21-23(5)12-14;/h6-9,11-12,16,19,22H,10H2,1-5H3,(H,20,24);1H. The van der Waals surface area contributed by atoms with Crippen molar-refractivity contribution in [3.63, 3.8) is 0 Å². The van der Waals surface area contributed by atoms with E-state index in [1.54, 1.807) is 70.1 Å². The number of amides is 1. The van der Waals surface area contributed by atoms with Gasteiger partial charge in [0.05, 0.1) is 11.1 Å². The molecule has 8 nitrogen and oxygen atoms in total. The molecule has 0 aliphatic rings. The third-order valence-corrected chi connectivity index (χ3v) is 5.62. The number of halogens is 1. The molecule has 1 heterocycles. The van der Waals surface area contributed by atoms with Gasteiger partial charge in [0.15, 0.2) is 0 Å². The highest BCUT2D eigenvalue weighted by Gasteiger charge is 2.25. The number of hydrogen-bond donors (Lipinski definition) is 3. The van der Waals surface area contributed by atoms with E-state index in [1.807, 2.05) is 0 Å². The summed E-state index contributed by atoms with van der Waals surface area (Å²) in [6.07, 6.45) is 3.37. The van der Waals surface area contributed by atoms with Gasteiger partial charge in [-0.15, -0.1) is 12.4 Å². The minimum absolute atomic E-state index is 0. The number of nitrogens with zero attached hydrogens (tertiary/aromatic N) is 2. The van der Waals surface area contributed by atoms with E-state index in [0.29, 0.717) is 5.56 Å². The molecular weight excluding hydrogens is 402 g/mol. The van der Waals surface area contributed by atoms with Crippen LogP contribution in [0.4, 0.5) is 0 Å². The molecule has 10 heteroatoms. The fourth-order valence-corrected chi connectivity index (χ4v) is 4.35. The average Bonchev–Trinajstić information content (AvgIpc) is 2.98.